The number of nitrogens with one attached hydrogen (secondary N) is 1. The van der Waals surface area contributed by atoms with Crippen LogP contribution >= 0.6 is 11.3 Å². The molecule has 0 aliphatic heterocycles. The minimum Gasteiger partial charge on any atom is -0.481 e. The summed E-state index contributed by atoms with van der Waals surface area (Å²) >= 11 is 0.723. The number of aromatic carboxylic acids is 1. The third-order valence-electron chi connectivity index (χ3n) is 2.85. The lowest BCUT2D eigenvalue weighted by Gasteiger charge is -2.08. The maximum absolute atomic E-state index is 12.2. The second-order valence-corrected chi connectivity index (χ2v) is 7.43. The van der Waals surface area contributed by atoms with Crippen LogP contribution < -0.4 is 9.46 Å². The van der Waals surface area contributed by atoms with E-state index in [4.69, 9.17) is 9.84 Å². The van der Waals surface area contributed by atoms with E-state index in [1.54, 1.807) is 25.3 Å². The van der Waals surface area contributed by atoms with Gasteiger partial charge in [0.1, 0.15) is 9.09 Å². The summed E-state index contributed by atoms with van der Waals surface area (Å²) in [5.74, 6) is -0.809. The highest BCUT2D eigenvalue weighted by molar-refractivity contribution is 7.91. The number of aryl methyl sites for hydroxylation is 1. The van der Waals surface area contributed by atoms with Gasteiger partial charge in [0.05, 0.1) is 7.11 Å². The third-order valence-corrected chi connectivity index (χ3v) is 5.95. The van der Waals surface area contributed by atoms with Crippen molar-refractivity contribution in [2.24, 2.45) is 0 Å². The average molecular weight is 342 g/mol. The van der Waals surface area contributed by atoms with Gasteiger partial charge in [-0.05, 0) is 24.6 Å². The summed E-state index contributed by atoms with van der Waals surface area (Å²) in [5, 5.41) is 8.99. The summed E-state index contributed by atoms with van der Waals surface area (Å²) in [7, 11) is -2.35. The molecule has 0 atom stereocenters. The second kappa shape index (κ2) is 6.42. The Hall–Kier alpha value is -1.97. The van der Waals surface area contributed by atoms with E-state index in [0.29, 0.717) is 17.0 Å². The molecule has 0 spiro atoms. The fourth-order valence-corrected chi connectivity index (χ4v) is 4.21. The Bertz CT molecular complexity index is 799. The zero-order valence-corrected chi connectivity index (χ0v) is 13.5. The molecule has 0 fully saturated rings. The van der Waals surface area contributed by atoms with Crippen molar-refractivity contribution in [3.8, 4) is 5.88 Å². The van der Waals surface area contributed by atoms with Crippen LogP contribution in [0.25, 0.3) is 0 Å². The van der Waals surface area contributed by atoms with Crippen molar-refractivity contribution in [2.45, 2.75) is 17.7 Å². The van der Waals surface area contributed by atoms with Crippen LogP contribution in [0.1, 0.15) is 20.8 Å². The standard InChI is InChI=1S/C13H14N2O5S2/c1-8-6-10(21-11(8)13(16)17)22(18,19)15-7-9-4-3-5-14-12(9)20-2/h3-6,15H,7H2,1-2H3,(H,16,17). The number of sulfonamides is 1. The van der Waals surface area contributed by atoms with Crippen molar-refractivity contribution in [2.75, 3.05) is 7.11 Å². The molecule has 2 heterocycles. The molecule has 0 amide bonds. The first-order valence-electron chi connectivity index (χ1n) is 6.16. The van der Waals surface area contributed by atoms with Crippen molar-refractivity contribution in [3.05, 3.63) is 40.4 Å². The largest absolute Gasteiger partial charge is 0.481 e. The molecule has 2 aromatic rings. The predicted molar refractivity (Wildman–Crippen MR) is 80.8 cm³/mol. The predicted octanol–water partition coefficient (Wildman–Crippen LogP) is 1.64. The summed E-state index contributed by atoms with van der Waals surface area (Å²) in [4.78, 5) is 15.0. The highest BCUT2D eigenvalue weighted by Crippen LogP contribution is 2.26. The fraction of sp³-hybridized carbons (Fsp3) is 0.231. The zero-order chi connectivity index (χ0) is 16.3. The van der Waals surface area contributed by atoms with E-state index in [0.717, 1.165) is 11.3 Å². The molecule has 0 bridgehead atoms. The third kappa shape index (κ3) is 3.43. The number of carbonyl (C=O) groups is 1. The minimum absolute atomic E-state index is 0.00129. The maximum atomic E-state index is 12.2. The number of hydrogen-bond donors (Lipinski definition) is 2. The molecular weight excluding hydrogens is 328 g/mol. The van der Waals surface area contributed by atoms with E-state index < -0.39 is 16.0 Å². The molecule has 0 saturated carbocycles. The van der Waals surface area contributed by atoms with Crippen LogP contribution in [-0.4, -0.2) is 31.6 Å². The lowest BCUT2D eigenvalue weighted by molar-refractivity contribution is 0.0701. The van der Waals surface area contributed by atoms with Crippen molar-refractivity contribution < 1.29 is 23.1 Å². The van der Waals surface area contributed by atoms with E-state index in [9.17, 15) is 13.2 Å². The van der Waals surface area contributed by atoms with Gasteiger partial charge in [0.15, 0.2) is 0 Å². The highest BCUT2D eigenvalue weighted by atomic mass is 32.2. The van der Waals surface area contributed by atoms with Gasteiger partial charge in [-0.25, -0.2) is 22.9 Å². The first-order chi connectivity index (χ1) is 10.3. The SMILES string of the molecule is COc1ncccc1CNS(=O)(=O)c1cc(C)c(C(=O)O)s1. The molecule has 9 heteroatoms. The Kier molecular flexibility index (Phi) is 4.79. The minimum atomic E-state index is -3.80. The van der Waals surface area contributed by atoms with Crippen molar-refractivity contribution in [1.82, 2.24) is 9.71 Å². The number of carboxylic acids is 1. The van der Waals surface area contributed by atoms with E-state index in [2.05, 4.69) is 9.71 Å². The van der Waals surface area contributed by atoms with Crippen LogP contribution in [-0.2, 0) is 16.6 Å². The van der Waals surface area contributed by atoms with Crippen LogP contribution in [0.15, 0.2) is 28.6 Å². The Labute approximate surface area is 131 Å². The van der Waals surface area contributed by atoms with Gasteiger partial charge in [-0.3, -0.25) is 0 Å². The van der Waals surface area contributed by atoms with Gasteiger partial charge >= 0.3 is 5.97 Å². The van der Waals surface area contributed by atoms with Gasteiger partial charge in [-0.2, -0.15) is 0 Å². The number of rotatable bonds is 6. The Morgan fingerprint density at radius 3 is 2.82 bits per heavy atom. The normalized spacial score (nSPS) is 11.4. The highest BCUT2D eigenvalue weighted by Gasteiger charge is 2.22. The number of aromatic nitrogens is 1. The smallest absolute Gasteiger partial charge is 0.346 e. The summed E-state index contributed by atoms with van der Waals surface area (Å²) in [6.45, 7) is 1.56. The fourth-order valence-electron chi connectivity index (χ4n) is 1.78. The van der Waals surface area contributed by atoms with Crippen molar-refractivity contribution in [3.63, 3.8) is 0 Å². The lowest BCUT2D eigenvalue weighted by atomic mass is 10.3. The molecule has 0 aromatic carbocycles. The summed E-state index contributed by atoms with van der Waals surface area (Å²) in [6.07, 6.45) is 1.54. The van der Waals surface area contributed by atoms with Gasteiger partial charge in [0, 0.05) is 18.3 Å². The molecule has 22 heavy (non-hydrogen) atoms. The summed E-state index contributed by atoms with van der Waals surface area (Å²) in [6, 6.07) is 4.71. The molecule has 2 aromatic heterocycles. The van der Waals surface area contributed by atoms with E-state index >= 15 is 0 Å². The van der Waals surface area contributed by atoms with Crippen LogP contribution in [0.5, 0.6) is 5.88 Å². The van der Waals surface area contributed by atoms with Gasteiger partial charge < -0.3 is 9.84 Å². The van der Waals surface area contributed by atoms with Crippen LogP contribution in [0, 0.1) is 6.92 Å². The Balaban J connectivity index is 2.21. The summed E-state index contributed by atoms with van der Waals surface area (Å²) in [5.41, 5.74) is 0.997. The quantitative estimate of drug-likeness (QED) is 0.827. The van der Waals surface area contributed by atoms with Crippen LogP contribution in [0.2, 0.25) is 0 Å². The lowest BCUT2D eigenvalue weighted by Crippen LogP contribution is -2.22. The van der Waals surface area contributed by atoms with Gasteiger partial charge in [-0.15, -0.1) is 11.3 Å². The van der Waals surface area contributed by atoms with Gasteiger partial charge in [0.2, 0.25) is 15.9 Å². The molecule has 0 aliphatic rings. The monoisotopic (exact) mass is 342 g/mol. The summed E-state index contributed by atoms with van der Waals surface area (Å²) < 4.78 is 31.9. The Morgan fingerprint density at radius 1 is 1.50 bits per heavy atom. The first kappa shape index (κ1) is 16.4. The first-order valence-corrected chi connectivity index (χ1v) is 8.46. The number of thiophene rings is 1. The number of hydrogen-bond acceptors (Lipinski definition) is 6. The molecule has 7 nitrogen and oxygen atoms in total. The van der Waals surface area contributed by atoms with E-state index in [-0.39, 0.29) is 15.6 Å². The molecule has 0 unspecified atom stereocenters. The van der Waals surface area contributed by atoms with Crippen LogP contribution in [0.3, 0.4) is 0 Å². The van der Waals surface area contributed by atoms with Crippen molar-refractivity contribution >= 4 is 27.3 Å². The molecule has 0 radical (unpaired) electrons. The number of nitrogens with zero attached hydrogens (tertiary/aromatic N) is 1. The van der Waals surface area contributed by atoms with E-state index in [1.807, 2.05) is 0 Å². The maximum Gasteiger partial charge on any atom is 0.346 e. The molecule has 0 saturated heterocycles. The molecule has 118 valence electrons. The van der Waals surface area contributed by atoms with Crippen LogP contribution in [0.4, 0.5) is 0 Å². The Morgan fingerprint density at radius 2 is 2.23 bits per heavy atom. The number of pyridine rings is 1. The number of methoxy groups -OCH3 is 1. The topological polar surface area (TPSA) is 106 Å². The van der Waals surface area contributed by atoms with E-state index in [1.165, 1.54) is 13.2 Å². The average Bonchev–Trinajstić information content (AvgIpc) is 2.88. The molecule has 2 N–H and O–H groups in total. The molecule has 0 aliphatic carbocycles. The van der Waals surface area contributed by atoms with Crippen molar-refractivity contribution in [1.29, 1.82) is 0 Å². The molecule has 2 rings (SSSR count). The number of ether oxygens (including phenoxy) is 1. The van der Waals surface area contributed by atoms with Gasteiger partial charge in [-0.1, -0.05) is 6.07 Å². The second-order valence-electron chi connectivity index (χ2n) is 4.38. The number of carboxylic acid groups (broad SMARTS) is 1. The van der Waals surface area contributed by atoms with Gasteiger partial charge in [0.25, 0.3) is 0 Å². The molecular formula is C13H14N2O5S2. The zero-order valence-electron chi connectivity index (χ0n) is 11.9.